The third kappa shape index (κ3) is 1.57. The molecule has 0 saturated heterocycles. The Hall–Kier alpha value is -0.810. The lowest BCUT2D eigenvalue weighted by atomic mass is 10.2. The lowest BCUT2D eigenvalue weighted by molar-refractivity contribution is 0.579. The van der Waals surface area contributed by atoms with Gasteiger partial charge in [0.2, 0.25) is 0 Å². The van der Waals surface area contributed by atoms with Crippen molar-refractivity contribution in [2.45, 2.75) is 0 Å². The summed E-state index contributed by atoms with van der Waals surface area (Å²) in [7, 11) is 0. The minimum atomic E-state index is 0.617. The third-order valence-corrected chi connectivity index (χ3v) is 3.20. The van der Waals surface area contributed by atoms with Crippen molar-refractivity contribution in [3.63, 3.8) is 0 Å². The van der Waals surface area contributed by atoms with Gasteiger partial charge in [0.05, 0.1) is 20.9 Å². The molecule has 2 aromatic rings. The van der Waals surface area contributed by atoms with Gasteiger partial charge in [0.1, 0.15) is 5.69 Å². The lowest BCUT2D eigenvalue weighted by Crippen LogP contribution is -1.93. The first kappa shape index (κ1) is 9.73. The molecule has 0 amide bonds. The van der Waals surface area contributed by atoms with Crippen molar-refractivity contribution in [3.05, 3.63) is 33.5 Å². The number of aromatic nitrogens is 1. The normalized spacial score (nSPS) is 10.4. The second-order valence-electron chi connectivity index (χ2n) is 2.66. The minimum absolute atomic E-state index is 0.617. The number of furan rings is 1. The van der Waals surface area contributed by atoms with Gasteiger partial charge in [-0.1, -0.05) is 0 Å². The van der Waals surface area contributed by atoms with Crippen molar-refractivity contribution < 1.29 is 4.42 Å². The highest BCUT2D eigenvalue weighted by Crippen LogP contribution is 2.34. The van der Waals surface area contributed by atoms with Crippen LogP contribution in [0.3, 0.4) is 0 Å². The van der Waals surface area contributed by atoms with Gasteiger partial charge in [-0.3, -0.25) is 4.98 Å². The zero-order valence-electron chi connectivity index (χ0n) is 7.00. The van der Waals surface area contributed by atoms with Gasteiger partial charge >= 0.3 is 0 Å². The van der Waals surface area contributed by atoms with Crippen molar-refractivity contribution in [2.75, 3.05) is 5.73 Å². The fourth-order valence-corrected chi connectivity index (χ4v) is 2.14. The van der Waals surface area contributed by atoms with Gasteiger partial charge in [0.15, 0.2) is 5.76 Å². The predicted octanol–water partition coefficient (Wildman–Crippen LogP) is 3.45. The average Bonchev–Trinajstić information content (AvgIpc) is 2.67. The van der Waals surface area contributed by atoms with E-state index in [9.17, 15) is 0 Å². The average molecular weight is 318 g/mol. The summed E-state index contributed by atoms with van der Waals surface area (Å²) >= 11 is 6.67. The summed E-state index contributed by atoms with van der Waals surface area (Å²) < 4.78 is 6.73. The lowest BCUT2D eigenvalue weighted by Gasteiger charge is -2.04. The molecular weight excluding hydrogens is 312 g/mol. The molecule has 0 radical (unpaired) electrons. The first-order valence-corrected chi connectivity index (χ1v) is 5.42. The van der Waals surface area contributed by atoms with Gasteiger partial charge < -0.3 is 10.2 Å². The molecule has 0 aliphatic heterocycles. The number of nitrogens with two attached hydrogens (primary N) is 1. The van der Waals surface area contributed by atoms with E-state index < -0.39 is 0 Å². The molecule has 0 bridgehead atoms. The summed E-state index contributed by atoms with van der Waals surface area (Å²) in [6, 6.07) is 3.64. The van der Waals surface area contributed by atoms with E-state index in [-0.39, 0.29) is 0 Å². The molecule has 2 rings (SSSR count). The number of pyridine rings is 1. The highest BCUT2D eigenvalue weighted by Gasteiger charge is 2.12. The smallest absolute Gasteiger partial charge is 0.153 e. The molecule has 0 fully saturated rings. The summed E-state index contributed by atoms with van der Waals surface area (Å²) in [5, 5.41) is 0. The first-order chi connectivity index (χ1) is 6.70. The van der Waals surface area contributed by atoms with E-state index in [2.05, 4.69) is 36.8 Å². The highest BCUT2D eigenvalue weighted by molar-refractivity contribution is 9.11. The van der Waals surface area contributed by atoms with E-state index in [1.807, 2.05) is 12.1 Å². The molecule has 14 heavy (non-hydrogen) atoms. The Kier molecular flexibility index (Phi) is 2.60. The zero-order chi connectivity index (χ0) is 10.1. The number of nitrogens with zero attached hydrogens (tertiary/aromatic N) is 1. The van der Waals surface area contributed by atoms with Crippen LogP contribution in [0.2, 0.25) is 0 Å². The fourth-order valence-electron chi connectivity index (χ4n) is 1.06. The molecule has 2 N–H and O–H groups in total. The minimum Gasteiger partial charge on any atom is -0.463 e. The summed E-state index contributed by atoms with van der Waals surface area (Å²) in [4.78, 5) is 4.21. The number of halogens is 2. The topological polar surface area (TPSA) is 52.0 Å². The van der Waals surface area contributed by atoms with Crippen LogP contribution >= 0.6 is 31.9 Å². The molecule has 2 heterocycles. The van der Waals surface area contributed by atoms with Crippen LogP contribution in [-0.4, -0.2) is 4.98 Å². The molecule has 2 aromatic heterocycles. The molecule has 0 aliphatic carbocycles. The van der Waals surface area contributed by atoms with Gasteiger partial charge in [-0.05, 0) is 44.0 Å². The monoisotopic (exact) mass is 316 g/mol. The predicted molar refractivity (Wildman–Crippen MR) is 61.8 cm³/mol. The van der Waals surface area contributed by atoms with E-state index >= 15 is 0 Å². The Balaban J connectivity index is 2.61. The number of hydrogen-bond donors (Lipinski definition) is 1. The fraction of sp³-hybridized carbons (Fsp3) is 0. The molecule has 72 valence electrons. The van der Waals surface area contributed by atoms with Crippen LogP contribution in [0, 0.1) is 0 Å². The van der Waals surface area contributed by atoms with Crippen LogP contribution in [0.15, 0.2) is 38.0 Å². The maximum atomic E-state index is 5.81. The zero-order valence-corrected chi connectivity index (χ0v) is 10.2. The molecule has 0 atom stereocenters. The standard InChI is InChI=1S/C9H6Br2N2O/c10-5-4-13-9(7(11)8(5)12)6-2-1-3-14-6/h1-4H,(H2,12,13). The van der Waals surface area contributed by atoms with Crippen LogP contribution < -0.4 is 5.73 Å². The Morgan fingerprint density at radius 2 is 2.14 bits per heavy atom. The number of nitrogen functional groups attached to an aromatic ring is 1. The van der Waals surface area contributed by atoms with Crippen LogP contribution in [0.25, 0.3) is 11.5 Å². The van der Waals surface area contributed by atoms with Crippen LogP contribution in [-0.2, 0) is 0 Å². The number of anilines is 1. The van der Waals surface area contributed by atoms with E-state index in [0.717, 1.165) is 8.95 Å². The Labute approximate surface area is 97.6 Å². The third-order valence-electron chi connectivity index (χ3n) is 1.76. The van der Waals surface area contributed by atoms with E-state index in [0.29, 0.717) is 17.1 Å². The van der Waals surface area contributed by atoms with Crippen molar-refractivity contribution in [1.82, 2.24) is 4.98 Å². The summed E-state index contributed by atoms with van der Waals surface area (Å²) in [6.45, 7) is 0. The van der Waals surface area contributed by atoms with E-state index in [4.69, 9.17) is 10.2 Å². The van der Waals surface area contributed by atoms with E-state index in [1.54, 1.807) is 12.5 Å². The van der Waals surface area contributed by atoms with Crippen molar-refractivity contribution in [1.29, 1.82) is 0 Å². The van der Waals surface area contributed by atoms with Crippen LogP contribution in [0.1, 0.15) is 0 Å². The quantitative estimate of drug-likeness (QED) is 0.876. The Morgan fingerprint density at radius 3 is 2.79 bits per heavy atom. The number of rotatable bonds is 1. The van der Waals surface area contributed by atoms with Crippen molar-refractivity contribution in [3.8, 4) is 11.5 Å². The van der Waals surface area contributed by atoms with Crippen LogP contribution in [0.5, 0.6) is 0 Å². The Morgan fingerprint density at radius 1 is 1.36 bits per heavy atom. The highest BCUT2D eigenvalue weighted by atomic mass is 79.9. The maximum absolute atomic E-state index is 5.81. The SMILES string of the molecule is Nc1c(Br)cnc(-c2ccco2)c1Br. The largest absolute Gasteiger partial charge is 0.463 e. The molecule has 0 aliphatic rings. The summed E-state index contributed by atoms with van der Waals surface area (Å²) in [6.07, 6.45) is 3.25. The Bertz CT molecular complexity index is 454. The summed E-state index contributed by atoms with van der Waals surface area (Å²) in [5.41, 5.74) is 7.13. The molecule has 5 heteroatoms. The van der Waals surface area contributed by atoms with Gasteiger partial charge in [-0.25, -0.2) is 0 Å². The molecule has 0 aromatic carbocycles. The van der Waals surface area contributed by atoms with E-state index in [1.165, 1.54) is 0 Å². The molecular formula is C9H6Br2N2O. The van der Waals surface area contributed by atoms with Gasteiger partial charge in [0, 0.05) is 6.20 Å². The maximum Gasteiger partial charge on any atom is 0.153 e. The molecule has 3 nitrogen and oxygen atoms in total. The van der Waals surface area contributed by atoms with Gasteiger partial charge in [-0.2, -0.15) is 0 Å². The molecule has 0 saturated carbocycles. The molecule has 0 unspecified atom stereocenters. The summed E-state index contributed by atoms with van der Waals surface area (Å²) in [5.74, 6) is 0.691. The van der Waals surface area contributed by atoms with Gasteiger partial charge in [-0.15, -0.1) is 0 Å². The second kappa shape index (κ2) is 3.74. The van der Waals surface area contributed by atoms with Crippen LogP contribution in [0.4, 0.5) is 5.69 Å². The number of hydrogen-bond acceptors (Lipinski definition) is 3. The van der Waals surface area contributed by atoms with Gasteiger partial charge in [0.25, 0.3) is 0 Å². The van der Waals surface area contributed by atoms with Crippen molar-refractivity contribution in [2.24, 2.45) is 0 Å². The second-order valence-corrected chi connectivity index (χ2v) is 4.31. The first-order valence-electron chi connectivity index (χ1n) is 3.83. The van der Waals surface area contributed by atoms with Crippen molar-refractivity contribution >= 4 is 37.5 Å². The molecule has 0 spiro atoms.